The zero-order chi connectivity index (χ0) is 13.7. The SMILES string of the molecule is CC(=O)NCCCCCc1nc2ccccc2n1C. The van der Waals surface area contributed by atoms with Crippen molar-refractivity contribution in [2.24, 2.45) is 7.05 Å². The number of fused-ring (bicyclic) bond motifs is 1. The van der Waals surface area contributed by atoms with Gasteiger partial charge in [-0.25, -0.2) is 4.98 Å². The van der Waals surface area contributed by atoms with Gasteiger partial charge >= 0.3 is 0 Å². The van der Waals surface area contributed by atoms with Crippen molar-refractivity contribution in [3.8, 4) is 0 Å². The van der Waals surface area contributed by atoms with Crippen LogP contribution >= 0.6 is 0 Å². The van der Waals surface area contributed by atoms with Gasteiger partial charge in [0.15, 0.2) is 0 Å². The number of nitrogens with zero attached hydrogens (tertiary/aromatic N) is 2. The minimum atomic E-state index is 0.0513. The third-order valence-electron chi connectivity index (χ3n) is 3.33. The van der Waals surface area contributed by atoms with Gasteiger partial charge < -0.3 is 9.88 Å². The van der Waals surface area contributed by atoms with Gasteiger partial charge in [-0.1, -0.05) is 18.6 Å². The highest BCUT2D eigenvalue weighted by atomic mass is 16.1. The van der Waals surface area contributed by atoms with E-state index in [0.29, 0.717) is 0 Å². The molecule has 0 fully saturated rings. The number of benzene rings is 1. The van der Waals surface area contributed by atoms with Crippen LogP contribution in [-0.2, 0) is 18.3 Å². The number of aromatic nitrogens is 2. The number of hydrogen-bond acceptors (Lipinski definition) is 2. The number of rotatable bonds is 6. The van der Waals surface area contributed by atoms with Crippen LogP contribution in [0.25, 0.3) is 11.0 Å². The first-order chi connectivity index (χ1) is 9.18. The molecule has 0 radical (unpaired) electrons. The summed E-state index contributed by atoms with van der Waals surface area (Å²) in [6.07, 6.45) is 4.25. The van der Waals surface area contributed by atoms with E-state index in [-0.39, 0.29) is 5.91 Å². The second kappa shape index (κ2) is 6.36. The van der Waals surface area contributed by atoms with E-state index < -0.39 is 0 Å². The van der Waals surface area contributed by atoms with Gasteiger partial charge in [-0.3, -0.25) is 4.79 Å². The average molecular weight is 259 g/mol. The lowest BCUT2D eigenvalue weighted by atomic mass is 10.2. The summed E-state index contributed by atoms with van der Waals surface area (Å²) in [6, 6.07) is 8.21. The number of carbonyl (C=O) groups excluding carboxylic acids is 1. The van der Waals surface area contributed by atoms with Gasteiger partial charge in [0.25, 0.3) is 0 Å². The maximum atomic E-state index is 10.7. The molecule has 0 aliphatic carbocycles. The topological polar surface area (TPSA) is 46.9 Å². The zero-order valence-corrected chi connectivity index (χ0v) is 11.6. The first-order valence-corrected chi connectivity index (χ1v) is 6.83. The van der Waals surface area contributed by atoms with Crippen LogP contribution in [0.1, 0.15) is 32.0 Å². The Labute approximate surface area is 113 Å². The van der Waals surface area contributed by atoms with Gasteiger partial charge in [0, 0.05) is 26.9 Å². The zero-order valence-electron chi connectivity index (χ0n) is 11.6. The summed E-state index contributed by atoms with van der Waals surface area (Å²) in [7, 11) is 2.07. The minimum Gasteiger partial charge on any atom is -0.356 e. The van der Waals surface area contributed by atoms with Gasteiger partial charge in [0.2, 0.25) is 5.91 Å². The molecule has 1 amide bonds. The standard InChI is InChI=1S/C15H21N3O/c1-12(19)16-11-7-3-4-10-15-17-13-8-5-6-9-14(13)18(15)2/h5-6,8-9H,3-4,7,10-11H2,1-2H3,(H,16,19). The normalized spacial score (nSPS) is 10.8. The fourth-order valence-electron chi connectivity index (χ4n) is 2.27. The van der Waals surface area contributed by atoms with E-state index in [1.807, 2.05) is 12.1 Å². The molecular formula is C15H21N3O. The summed E-state index contributed by atoms with van der Waals surface area (Å²) < 4.78 is 2.17. The molecule has 0 atom stereocenters. The smallest absolute Gasteiger partial charge is 0.216 e. The lowest BCUT2D eigenvalue weighted by Crippen LogP contribution is -2.20. The van der Waals surface area contributed by atoms with Crippen LogP contribution in [0.4, 0.5) is 0 Å². The van der Waals surface area contributed by atoms with Crippen molar-refractivity contribution in [2.75, 3.05) is 6.54 Å². The lowest BCUT2D eigenvalue weighted by molar-refractivity contribution is -0.118. The molecule has 4 nitrogen and oxygen atoms in total. The van der Waals surface area contributed by atoms with E-state index in [1.54, 1.807) is 6.92 Å². The van der Waals surface area contributed by atoms with E-state index in [4.69, 9.17) is 0 Å². The molecule has 0 aliphatic heterocycles. The minimum absolute atomic E-state index is 0.0513. The summed E-state index contributed by atoms with van der Waals surface area (Å²) in [4.78, 5) is 15.4. The van der Waals surface area contributed by atoms with Crippen LogP contribution in [0.15, 0.2) is 24.3 Å². The van der Waals surface area contributed by atoms with Gasteiger partial charge in [-0.2, -0.15) is 0 Å². The molecule has 4 heteroatoms. The molecule has 1 N–H and O–H groups in total. The van der Waals surface area contributed by atoms with Crippen molar-refractivity contribution >= 4 is 16.9 Å². The quantitative estimate of drug-likeness (QED) is 0.810. The first kappa shape index (κ1) is 13.6. The molecule has 2 rings (SSSR count). The molecule has 102 valence electrons. The molecule has 0 aliphatic rings. The number of para-hydroxylation sites is 2. The Bertz CT molecular complexity index is 560. The van der Waals surface area contributed by atoms with Crippen molar-refractivity contribution in [1.29, 1.82) is 0 Å². The van der Waals surface area contributed by atoms with Crippen molar-refractivity contribution in [3.63, 3.8) is 0 Å². The molecule has 0 saturated heterocycles. The van der Waals surface area contributed by atoms with E-state index >= 15 is 0 Å². The van der Waals surface area contributed by atoms with Crippen LogP contribution in [0, 0.1) is 0 Å². The summed E-state index contributed by atoms with van der Waals surface area (Å²) in [5.41, 5.74) is 2.26. The average Bonchev–Trinajstić information content (AvgIpc) is 2.71. The Morgan fingerprint density at radius 2 is 2.05 bits per heavy atom. The van der Waals surface area contributed by atoms with E-state index in [1.165, 1.54) is 5.52 Å². The second-order valence-corrected chi connectivity index (χ2v) is 4.87. The van der Waals surface area contributed by atoms with E-state index in [0.717, 1.165) is 43.6 Å². The van der Waals surface area contributed by atoms with Crippen LogP contribution in [0.5, 0.6) is 0 Å². The third kappa shape index (κ3) is 3.56. The number of unbranched alkanes of at least 4 members (excludes halogenated alkanes) is 2. The predicted octanol–water partition coefficient (Wildman–Crippen LogP) is 2.42. The first-order valence-electron chi connectivity index (χ1n) is 6.83. The third-order valence-corrected chi connectivity index (χ3v) is 3.33. The number of aryl methyl sites for hydroxylation is 2. The maximum absolute atomic E-state index is 10.7. The molecule has 19 heavy (non-hydrogen) atoms. The summed E-state index contributed by atoms with van der Waals surface area (Å²) >= 11 is 0. The largest absolute Gasteiger partial charge is 0.356 e. The fraction of sp³-hybridized carbons (Fsp3) is 0.467. The summed E-state index contributed by atoms with van der Waals surface area (Å²) in [5, 5.41) is 2.82. The lowest BCUT2D eigenvalue weighted by Gasteiger charge is -2.03. The molecule has 0 bridgehead atoms. The van der Waals surface area contributed by atoms with E-state index in [2.05, 4.69) is 34.0 Å². The summed E-state index contributed by atoms with van der Waals surface area (Å²) in [6.45, 7) is 2.33. The molecule has 0 unspecified atom stereocenters. The maximum Gasteiger partial charge on any atom is 0.216 e. The Morgan fingerprint density at radius 1 is 1.26 bits per heavy atom. The molecule has 2 aromatic rings. The highest BCUT2D eigenvalue weighted by Gasteiger charge is 2.06. The molecule has 0 spiro atoms. The van der Waals surface area contributed by atoms with Gasteiger partial charge in [-0.05, 0) is 25.0 Å². The van der Waals surface area contributed by atoms with Crippen LogP contribution in [0.2, 0.25) is 0 Å². The molecule has 1 aromatic heterocycles. The number of amides is 1. The molecule has 0 saturated carbocycles. The highest BCUT2D eigenvalue weighted by molar-refractivity contribution is 5.75. The number of carbonyl (C=O) groups is 1. The van der Waals surface area contributed by atoms with Gasteiger partial charge in [0.05, 0.1) is 11.0 Å². The Balaban J connectivity index is 1.82. The van der Waals surface area contributed by atoms with Crippen LogP contribution < -0.4 is 5.32 Å². The van der Waals surface area contributed by atoms with Gasteiger partial charge in [0.1, 0.15) is 5.82 Å². The number of hydrogen-bond donors (Lipinski definition) is 1. The Kier molecular flexibility index (Phi) is 4.55. The second-order valence-electron chi connectivity index (χ2n) is 4.87. The number of nitrogens with one attached hydrogen (secondary N) is 1. The fourth-order valence-corrected chi connectivity index (χ4v) is 2.27. The van der Waals surface area contributed by atoms with Crippen LogP contribution in [-0.4, -0.2) is 22.0 Å². The van der Waals surface area contributed by atoms with Crippen LogP contribution in [0.3, 0.4) is 0 Å². The van der Waals surface area contributed by atoms with Crippen molar-refractivity contribution in [2.45, 2.75) is 32.6 Å². The molecule has 1 aromatic carbocycles. The Hall–Kier alpha value is -1.84. The monoisotopic (exact) mass is 259 g/mol. The van der Waals surface area contributed by atoms with Crippen molar-refractivity contribution in [1.82, 2.24) is 14.9 Å². The highest BCUT2D eigenvalue weighted by Crippen LogP contribution is 2.15. The molecular weight excluding hydrogens is 238 g/mol. The van der Waals surface area contributed by atoms with Crippen molar-refractivity contribution < 1.29 is 4.79 Å². The molecule has 1 heterocycles. The number of imidazole rings is 1. The van der Waals surface area contributed by atoms with Crippen molar-refractivity contribution in [3.05, 3.63) is 30.1 Å². The van der Waals surface area contributed by atoms with E-state index in [9.17, 15) is 4.79 Å². The Morgan fingerprint density at radius 3 is 2.79 bits per heavy atom. The summed E-state index contributed by atoms with van der Waals surface area (Å²) in [5.74, 6) is 1.19. The predicted molar refractivity (Wildman–Crippen MR) is 77.0 cm³/mol. The van der Waals surface area contributed by atoms with Gasteiger partial charge in [-0.15, -0.1) is 0 Å².